The van der Waals surface area contributed by atoms with Crippen molar-refractivity contribution in [1.82, 2.24) is 14.8 Å². The van der Waals surface area contributed by atoms with E-state index in [1.54, 1.807) is 29.9 Å². The molecule has 1 saturated heterocycles. The van der Waals surface area contributed by atoms with Crippen molar-refractivity contribution >= 4 is 60.4 Å². The number of allylic oxidation sites excluding steroid dienone is 2. The molecule has 166 valence electrons. The molecular formula is C22H28BrN5O2S. The maximum absolute atomic E-state index is 12.8. The van der Waals surface area contributed by atoms with Gasteiger partial charge in [-0.15, -0.1) is 0 Å². The summed E-state index contributed by atoms with van der Waals surface area (Å²) < 4.78 is 1.89. The van der Waals surface area contributed by atoms with Gasteiger partial charge >= 0.3 is 6.03 Å². The van der Waals surface area contributed by atoms with Gasteiger partial charge in [-0.2, -0.15) is 0 Å². The number of aromatic nitrogens is 1. The Morgan fingerprint density at radius 1 is 1.42 bits per heavy atom. The molecule has 0 atom stereocenters. The van der Waals surface area contributed by atoms with Crippen molar-refractivity contribution in [2.24, 2.45) is 4.99 Å². The lowest BCUT2D eigenvalue weighted by atomic mass is 10.1. The Kier molecular flexibility index (Phi) is 7.00. The van der Waals surface area contributed by atoms with Crippen LogP contribution < -0.4 is 4.90 Å². The highest BCUT2D eigenvalue weighted by Crippen LogP contribution is 2.37. The van der Waals surface area contributed by atoms with Crippen molar-refractivity contribution in [2.75, 3.05) is 31.8 Å². The van der Waals surface area contributed by atoms with Crippen molar-refractivity contribution in [3.63, 3.8) is 0 Å². The van der Waals surface area contributed by atoms with E-state index in [1.807, 2.05) is 39.1 Å². The minimum atomic E-state index is -1.08. The maximum Gasteiger partial charge on any atom is 0.328 e. The Morgan fingerprint density at radius 3 is 2.74 bits per heavy atom. The van der Waals surface area contributed by atoms with E-state index in [1.165, 1.54) is 11.3 Å². The van der Waals surface area contributed by atoms with Gasteiger partial charge in [-0.3, -0.25) is 14.8 Å². The van der Waals surface area contributed by atoms with E-state index < -0.39 is 5.60 Å². The van der Waals surface area contributed by atoms with Gasteiger partial charge in [0, 0.05) is 17.2 Å². The van der Waals surface area contributed by atoms with E-state index in [9.17, 15) is 9.90 Å². The Hall–Kier alpha value is -2.07. The Balaban J connectivity index is 1.96. The number of fused-ring (bicyclic) bond motifs is 1. The number of benzene rings is 1. The lowest BCUT2D eigenvalue weighted by Crippen LogP contribution is -2.56. The summed E-state index contributed by atoms with van der Waals surface area (Å²) >= 11 is 5.16. The third-order valence-corrected chi connectivity index (χ3v) is 7.07. The van der Waals surface area contributed by atoms with Crippen LogP contribution in [0.25, 0.3) is 15.8 Å². The lowest BCUT2D eigenvalue weighted by molar-refractivity contribution is 0.119. The number of thiazole rings is 1. The van der Waals surface area contributed by atoms with Gasteiger partial charge in [0.2, 0.25) is 0 Å². The number of aliphatic hydroxyl groups is 1. The number of hydrogen-bond donors (Lipinski definition) is 1. The van der Waals surface area contributed by atoms with Crippen LogP contribution in [0.1, 0.15) is 33.3 Å². The van der Waals surface area contributed by atoms with Crippen molar-refractivity contribution in [3.05, 3.63) is 40.5 Å². The zero-order chi connectivity index (χ0) is 22.9. The summed E-state index contributed by atoms with van der Waals surface area (Å²) in [4.78, 5) is 27.5. The van der Waals surface area contributed by atoms with Crippen molar-refractivity contribution in [2.45, 2.75) is 33.3 Å². The van der Waals surface area contributed by atoms with Crippen molar-refractivity contribution in [1.29, 1.82) is 0 Å². The van der Waals surface area contributed by atoms with E-state index in [4.69, 9.17) is 4.98 Å². The molecule has 0 aliphatic carbocycles. The number of aliphatic imine (C=N–C) groups is 1. The van der Waals surface area contributed by atoms with Gasteiger partial charge in [0.15, 0.2) is 5.13 Å². The van der Waals surface area contributed by atoms with Crippen molar-refractivity contribution < 1.29 is 9.90 Å². The molecule has 0 radical (unpaired) electrons. The number of urea groups is 1. The zero-order valence-electron chi connectivity index (χ0n) is 18.5. The highest BCUT2D eigenvalue weighted by atomic mass is 79.9. The highest BCUT2D eigenvalue weighted by Gasteiger charge is 2.30. The van der Waals surface area contributed by atoms with Crippen LogP contribution in [-0.4, -0.2) is 64.7 Å². The normalized spacial score (nSPS) is 16.7. The summed E-state index contributed by atoms with van der Waals surface area (Å²) in [6.07, 6.45) is 3.65. The molecule has 0 saturated carbocycles. The Labute approximate surface area is 195 Å². The predicted molar refractivity (Wildman–Crippen MR) is 133 cm³/mol. The summed E-state index contributed by atoms with van der Waals surface area (Å²) in [7, 11) is 1.99. The van der Waals surface area contributed by atoms with Crippen LogP contribution in [0, 0.1) is 0 Å². The molecule has 0 unspecified atom stereocenters. The fourth-order valence-corrected chi connectivity index (χ4v) is 4.76. The number of nitrogens with zero attached hydrogens (tertiary/aromatic N) is 5. The van der Waals surface area contributed by atoms with Crippen LogP contribution in [0.2, 0.25) is 0 Å². The monoisotopic (exact) mass is 505 g/mol. The molecule has 2 amide bonds. The SMILES string of the molecule is C=C(N=C/C(=C\C)c1cc(Br)c2sc(N3CN(C)CN(CC)C3=O)nc2c1)C(C)(C)O. The largest absolute Gasteiger partial charge is 0.384 e. The summed E-state index contributed by atoms with van der Waals surface area (Å²) in [5.41, 5.74) is 1.93. The number of carbonyl (C=O) groups is 1. The molecule has 1 fully saturated rings. The van der Waals surface area contributed by atoms with Gasteiger partial charge in [-0.1, -0.05) is 24.0 Å². The van der Waals surface area contributed by atoms with E-state index in [2.05, 4.69) is 32.4 Å². The van der Waals surface area contributed by atoms with Gasteiger partial charge in [0.25, 0.3) is 0 Å². The predicted octanol–water partition coefficient (Wildman–Crippen LogP) is 4.93. The quantitative estimate of drug-likeness (QED) is 0.565. The van der Waals surface area contributed by atoms with Gasteiger partial charge in [-0.25, -0.2) is 9.78 Å². The first-order valence-electron chi connectivity index (χ1n) is 10.0. The molecule has 2 heterocycles. The number of rotatable bonds is 6. The molecule has 1 N–H and O–H groups in total. The smallest absolute Gasteiger partial charge is 0.328 e. The van der Waals surface area contributed by atoms with Crippen LogP contribution in [-0.2, 0) is 0 Å². The van der Waals surface area contributed by atoms with Gasteiger partial charge in [0.1, 0.15) is 5.60 Å². The number of halogens is 1. The number of hydrogen-bond acceptors (Lipinski definition) is 6. The third kappa shape index (κ3) is 5.06. The van der Waals surface area contributed by atoms with Gasteiger partial charge in [0.05, 0.1) is 29.3 Å². The molecule has 7 nitrogen and oxygen atoms in total. The van der Waals surface area contributed by atoms with Gasteiger partial charge < -0.3 is 10.0 Å². The molecule has 1 aliphatic heterocycles. The second kappa shape index (κ2) is 9.20. The lowest BCUT2D eigenvalue weighted by Gasteiger charge is -2.38. The number of amides is 2. The van der Waals surface area contributed by atoms with E-state index in [0.29, 0.717) is 30.7 Å². The molecule has 1 aromatic heterocycles. The summed E-state index contributed by atoms with van der Waals surface area (Å²) in [5.74, 6) is 0. The molecule has 0 bridgehead atoms. The standard InChI is InChI=1S/C22H28BrN5O2S/c1-7-15(11-24-14(3)22(4,5)30)16-9-17(23)19-18(10-16)25-20(31-19)28-13-26(6)12-27(8-2)21(28)29/h7,9-11,30H,3,8,12-13H2,1-2,4-6H3/b15-7+,24-11?. The first-order valence-corrected chi connectivity index (χ1v) is 11.6. The second-order valence-corrected chi connectivity index (χ2v) is 9.85. The summed E-state index contributed by atoms with van der Waals surface area (Å²) in [5, 5.41) is 10.7. The average molecular weight is 506 g/mol. The highest BCUT2D eigenvalue weighted by molar-refractivity contribution is 9.10. The topological polar surface area (TPSA) is 72.3 Å². The molecule has 3 rings (SSSR count). The molecule has 0 spiro atoms. The van der Waals surface area contributed by atoms with E-state index >= 15 is 0 Å². The molecule has 1 aromatic carbocycles. The minimum Gasteiger partial charge on any atom is -0.384 e. The molecular weight excluding hydrogens is 478 g/mol. The van der Waals surface area contributed by atoms with Crippen LogP contribution >= 0.6 is 27.3 Å². The number of anilines is 1. The molecule has 1 aliphatic rings. The first kappa shape index (κ1) is 23.6. The zero-order valence-corrected chi connectivity index (χ0v) is 20.9. The van der Waals surface area contributed by atoms with E-state index in [0.717, 1.165) is 25.8 Å². The fourth-order valence-electron chi connectivity index (χ4n) is 3.13. The van der Waals surface area contributed by atoms with Crippen LogP contribution in [0.3, 0.4) is 0 Å². The maximum atomic E-state index is 12.8. The van der Waals surface area contributed by atoms with Crippen LogP contribution in [0.4, 0.5) is 9.93 Å². The fraction of sp³-hybridized carbons (Fsp3) is 0.409. The molecule has 31 heavy (non-hydrogen) atoms. The first-order chi connectivity index (χ1) is 14.5. The Morgan fingerprint density at radius 2 is 2.13 bits per heavy atom. The van der Waals surface area contributed by atoms with Gasteiger partial charge in [-0.05, 0) is 73.9 Å². The Bertz CT molecular complexity index is 1070. The van der Waals surface area contributed by atoms with Crippen LogP contribution in [0.15, 0.2) is 39.9 Å². The van der Waals surface area contributed by atoms with E-state index in [-0.39, 0.29) is 6.03 Å². The summed E-state index contributed by atoms with van der Waals surface area (Å²) in [6.45, 7) is 12.8. The molecule has 9 heteroatoms. The summed E-state index contributed by atoms with van der Waals surface area (Å²) in [6, 6.07) is 3.98. The minimum absolute atomic E-state index is 0.0255. The number of carbonyl (C=O) groups excluding carboxylic acids is 1. The second-order valence-electron chi connectivity index (χ2n) is 8.02. The van der Waals surface area contributed by atoms with Crippen LogP contribution in [0.5, 0.6) is 0 Å². The molecule has 2 aromatic rings. The average Bonchev–Trinajstić information content (AvgIpc) is 3.13. The van der Waals surface area contributed by atoms with Crippen molar-refractivity contribution in [3.8, 4) is 0 Å². The third-order valence-electron chi connectivity index (χ3n) is 5.05.